The maximum Gasteiger partial charge on any atom is 0.418 e. The Morgan fingerprint density at radius 3 is 2.63 bits per heavy atom. The lowest BCUT2D eigenvalue weighted by atomic mass is 10.1. The van der Waals surface area contributed by atoms with E-state index in [0.717, 1.165) is 12.1 Å². The fourth-order valence-corrected chi connectivity index (χ4v) is 1.70. The van der Waals surface area contributed by atoms with Crippen LogP contribution in [0.25, 0.3) is 0 Å². The summed E-state index contributed by atoms with van der Waals surface area (Å²) in [5.41, 5.74) is 4.22. The standard InChI is InChI=1S/C12H14ClF3N2O/c1-2-3-9(17)11(19)18-10-5-4-7(13)6-8(10)12(14,15)16/h4-6,9H,2-3,17H2,1H3,(H,18,19). The SMILES string of the molecule is CCCC(N)C(=O)Nc1ccc(Cl)cc1C(F)(F)F. The van der Waals surface area contributed by atoms with Crippen molar-refractivity contribution < 1.29 is 18.0 Å². The van der Waals surface area contributed by atoms with E-state index in [0.29, 0.717) is 12.8 Å². The number of halogens is 4. The maximum absolute atomic E-state index is 12.8. The first kappa shape index (κ1) is 15.8. The zero-order chi connectivity index (χ0) is 14.6. The Labute approximate surface area is 113 Å². The maximum atomic E-state index is 12.8. The van der Waals surface area contributed by atoms with Crippen molar-refractivity contribution in [3.05, 3.63) is 28.8 Å². The van der Waals surface area contributed by atoms with Crippen molar-refractivity contribution in [2.75, 3.05) is 5.32 Å². The van der Waals surface area contributed by atoms with Crippen molar-refractivity contribution in [1.29, 1.82) is 0 Å². The van der Waals surface area contributed by atoms with Crippen LogP contribution in [0.2, 0.25) is 5.02 Å². The zero-order valence-corrected chi connectivity index (χ0v) is 11.0. The van der Waals surface area contributed by atoms with Crippen molar-refractivity contribution >= 4 is 23.2 Å². The van der Waals surface area contributed by atoms with Gasteiger partial charge in [0.15, 0.2) is 0 Å². The van der Waals surface area contributed by atoms with Crippen molar-refractivity contribution in [1.82, 2.24) is 0 Å². The molecule has 1 aromatic rings. The highest BCUT2D eigenvalue weighted by molar-refractivity contribution is 6.30. The number of nitrogens with one attached hydrogen (secondary N) is 1. The second kappa shape index (κ2) is 6.25. The highest BCUT2D eigenvalue weighted by atomic mass is 35.5. The number of nitrogens with two attached hydrogens (primary N) is 1. The Kier molecular flexibility index (Phi) is 5.20. The average Bonchev–Trinajstić information content (AvgIpc) is 2.30. The van der Waals surface area contributed by atoms with Crippen LogP contribution in [0.4, 0.5) is 18.9 Å². The van der Waals surface area contributed by atoms with Gasteiger partial charge < -0.3 is 11.1 Å². The Morgan fingerprint density at radius 1 is 1.47 bits per heavy atom. The highest BCUT2D eigenvalue weighted by Crippen LogP contribution is 2.36. The quantitative estimate of drug-likeness (QED) is 0.894. The summed E-state index contributed by atoms with van der Waals surface area (Å²) < 4.78 is 38.4. The largest absolute Gasteiger partial charge is 0.418 e. The van der Waals surface area contributed by atoms with E-state index >= 15 is 0 Å². The molecule has 0 aromatic heterocycles. The molecule has 0 fully saturated rings. The van der Waals surface area contributed by atoms with E-state index in [1.54, 1.807) is 0 Å². The third-order valence-electron chi connectivity index (χ3n) is 2.48. The third kappa shape index (κ3) is 4.40. The van der Waals surface area contributed by atoms with Crippen molar-refractivity contribution in [2.24, 2.45) is 5.73 Å². The number of hydrogen-bond acceptors (Lipinski definition) is 2. The van der Waals surface area contributed by atoms with E-state index < -0.39 is 23.7 Å². The number of carbonyl (C=O) groups excluding carboxylic acids is 1. The number of benzene rings is 1. The molecule has 0 saturated heterocycles. The van der Waals surface area contributed by atoms with Gasteiger partial charge in [0.05, 0.1) is 17.3 Å². The van der Waals surface area contributed by atoms with E-state index in [2.05, 4.69) is 5.32 Å². The van der Waals surface area contributed by atoms with Gasteiger partial charge in [-0.1, -0.05) is 24.9 Å². The molecule has 106 valence electrons. The molecule has 1 rings (SSSR count). The number of carbonyl (C=O) groups is 1. The van der Waals surface area contributed by atoms with Gasteiger partial charge in [0.1, 0.15) is 0 Å². The van der Waals surface area contributed by atoms with E-state index in [-0.39, 0.29) is 10.7 Å². The minimum Gasteiger partial charge on any atom is -0.324 e. The predicted octanol–water partition coefficient (Wildman–Crippen LogP) is 3.42. The van der Waals surface area contributed by atoms with Crippen molar-refractivity contribution in [3.8, 4) is 0 Å². The third-order valence-corrected chi connectivity index (χ3v) is 2.72. The Morgan fingerprint density at radius 2 is 2.11 bits per heavy atom. The van der Waals surface area contributed by atoms with Gasteiger partial charge in [0.25, 0.3) is 0 Å². The Bertz CT molecular complexity index is 463. The molecule has 7 heteroatoms. The van der Waals surface area contributed by atoms with Crippen LogP contribution in [0, 0.1) is 0 Å². The second-order valence-corrected chi connectivity index (χ2v) is 4.51. The molecule has 0 radical (unpaired) electrons. The lowest BCUT2D eigenvalue weighted by Crippen LogP contribution is -2.35. The van der Waals surface area contributed by atoms with Crippen LogP contribution in [-0.4, -0.2) is 11.9 Å². The zero-order valence-electron chi connectivity index (χ0n) is 10.2. The van der Waals surface area contributed by atoms with Crippen LogP contribution in [0.3, 0.4) is 0 Å². The van der Waals surface area contributed by atoms with Crippen LogP contribution in [0.1, 0.15) is 25.3 Å². The van der Waals surface area contributed by atoms with Crippen LogP contribution in [-0.2, 0) is 11.0 Å². The number of rotatable bonds is 4. The number of hydrogen-bond donors (Lipinski definition) is 2. The molecular formula is C12H14ClF3N2O. The summed E-state index contributed by atoms with van der Waals surface area (Å²) in [5, 5.41) is 2.13. The van der Waals surface area contributed by atoms with E-state index in [4.69, 9.17) is 17.3 Å². The summed E-state index contributed by atoms with van der Waals surface area (Å²) in [6.45, 7) is 1.83. The Hall–Kier alpha value is -1.27. The van der Waals surface area contributed by atoms with E-state index in [1.165, 1.54) is 6.07 Å². The fraction of sp³-hybridized carbons (Fsp3) is 0.417. The first-order chi connectivity index (χ1) is 8.75. The van der Waals surface area contributed by atoms with Crippen LogP contribution >= 0.6 is 11.6 Å². The summed E-state index contributed by atoms with van der Waals surface area (Å²) in [4.78, 5) is 11.6. The van der Waals surface area contributed by atoms with Crippen LogP contribution in [0.5, 0.6) is 0 Å². The lowest BCUT2D eigenvalue weighted by Gasteiger charge is -2.16. The predicted molar refractivity (Wildman–Crippen MR) is 68.0 cm³/mol. The van der Waals surface area contributed by atoms with Crippen molar-refractivity contribution in [3.63, 3.8) is 0 Å². The molecule has 0 heterocycles. The summed E-state index contributed by atoms with van der Waals surface area (Å²) in [6.07, 6.45) is -3.52. The molecular weight excluding hydrogens is 281 g/mol. The Balaban J connectivity index is 2.98. The second-order valence-electron chi connectivity index (χ2n) is 4.07. The smallest absolute Gasteiger partial charge is 0.324 e. The number of anilines is 1. The fourth-order valence-electron chi connectivity index (χ4n) is 1.53. The molecule has 3 nitrogen and oxygen atoms in total. The number of alkyl halides is 3. The minimum atomic E-state index is -4.59. The van der Waals surface area contributed by atoms with Gasteiger partial charge in [-0.05, 0) is 24.6 Å². The summed E-state index contributed by atoms with van der Waals surface area (Å²) in [7, 11) is 0. The van der Waals surface area contributed by atoms with Gasteiger partial charge >= 0.3 is 6.18 Å². The summed E-state index contributed by atoms with van der Waals surface area (Å²) in [6, 6.07) is 2.32. The lowest BCUT2D eigenvalue weighted by molar-refractivity contribution is -0.137. The van der Waals surface area contributed by atoms with Gasteiger partial charge in [-0.15, -0.1) is 0 Å². The number of amides is 1. The van der Waals surface area contributed by atoms with Gasteiger partial charge in [-0.2, -0.15) is 13.2 Å². The first-order valence-corrected chi connectivity index (χ1v) is 6.06. The molecule has 1 aromatic carbocycles. The molecule has 0 aliphatic heterocycles. The first-order valence-electron chi connectivity index (χ1n) is 5.69. The van der Waals surface area contributed by atoms with Gasteiger partial charge in [0, 0.05) is 5.02 Å². The van der Waals surface area contributed by atoms with Crippen LogP contribution < -0.4 is 11.1 Å². The molecule has 0 saturated carbocycles. The molecule has 0 bridgehead atoms. The minimum absolute atomic E-state index is 0.0526. The van der Waals surface area contributed by atoms with Crippen molar-refractivity contribution in [2.45, 2.75) is 32.0 Å². The topological polar surface area (TPSA) is 55.1 Å². The van der Waals surface area contributed by atoms with E-state index in [1.807, 2.05) is 6.92 Å². The van der Waals surface area contributed by atoms with E-state index in [9.17, 15) is 18.0 Å². The summed E-state index contributed by atoms with van der Waals surface area (Å²) in [5.74, 6) is -0.644. The van der Waals surface area contributed by atoms with Gasteiger partial charge in [-0.25, -0.2) is 0 Å². The van der Waals surface area contributed by atoms with Crippen LogP contribution in [0.15, 0.2) is 18.2 Å². The molecule has 1 atom stereocenters. The normalized spacial score (nSPS) is 13.2. The molecule has 1 amide bonds. The molecule has 0 aliphatic rings. The summed E-state index contributed by atoms with van der Waals surface area (Å²) >= 11 is 5.53. The molecule has 1 unspecified atom stereocenters. The molecule has 19 heavy (non-hydrogen) atoms. The van der Waals surface area contributed by atoms with Gasteiger partial charge in [-0.3, -0.25) is 4.79 Å². The monoisotopic (exact) mass is 294 g/mol. The van der Waals surface area contributed by atoms with Gasteiger partial charge in [0.2, 0.25) is 5.91 Å². The molecule has 3 N–H and O–H groups in total. The molecule has 0 spiro atoms. The highest BCUT2D eigenvalue weighted by Gasteiger charge is 2.34. The average molecular weight is 295 g/mol. The molecule has 0 aliphatic carbocycles.